The van der Waals surface area contributed by atoms with Gasteiger partial charge in [0.1, 0.15) is 0 Å². The quantitative estimate of drug-likeness (QED) is 0.729. The Kier molecular flexibility index (Phi) is 5.44. The molecule has 1 atom stereocenters. The van der Waals surface area contributed by atoms with Crippen LogP contribution in [0.2, 0.25) is 0 Å². The van der Waals surface area contributed by atoms with E-state index in [0.717, 1.165) is 12.6 Å². The van der Waals surface area contributed by atoms with Crippen LogP contribution in [-0.4, -0.2) is 48.1 Å². The summed E-state index contributed by atoms with van der Waals surface area (Å²) < 4.78 is 0.454. The van der Waals surface area contributed by atoms with Crippen LogP contribution in [0.15, 0.2) is 0 Å². The van der Waals surface area contributed by atoms with Gasteiger partial charge in [0.15, 0.2) is 0 Å². The minimum Gasteiger partial charge on any atom is -0.320 e. The van der Waals surface area contributed by atoms with Crippen LogP contribution >= 0.6 is 11.8 Å². The lowest BCUT2D eigenvalue weighted by molar-refractivity contribution is 0.188. The highest BCUT2D eigenvalue weighted by molar-refractivity contribution is 8.00. The van der Waals surface area contributed by atoms with Crippen LogP contribution < -0.4 is 5.32 Å². The third kappa shape index (κ3) is 4.75. The summed E-state index contributed by atoms with van der Waals surface area (Å²) in [6.07, 6.45) is 2.61. The second-order valence-electron chi connectivity index (χ2n) is 5.17. The Labute approximate surface area is 99.2 Å². The number of rotatable bonds is 5. The second-order valence-corrected chi connectivity index (χ2v) is 6.98. The van der Waals surface area contributed by atoms with E-state index in [0.29, 0.717) is 4.75 Å². The summed E-state index contributed by atoms with van der Waals surface area (Å²) in [6.45, 7) is 10.8. The Morgan fingerprint density at radius 3 is 2.80 bits per heavy atom. The summed E-state index contributed by atoms with van der Waals surface area (Å²) in [5.74, 6) is 1.30. The second kappa shape index (κ2) is 6.12. The Balaban J connectivity index is 2.29. The molecule has 0 aromatic rings. The molecule has 1 aliphatic heterocycles. The lowest BCUT2D eigenvalue weighted by Crippen LogP contribution is -2.47. The first kappa shape index (κ1) is 13.3. The topological polar surface area (TPSA) is 15.3 Å². The first-order valence-electron chi connectivity index (χ1n) is 6.08. The van der Waals surface area contributed by atoms with E-state index in [4.69, 9.17) is 0 Å². The first-order valence-corrected chi connectivity index (χ1v) is 7.06. The van der Waals surface area contributed by atoms with Crippen LogP contribution in [0.1, 0.15) is 33.6 Å². The molecule has 2 nitrogen and oxygen atoms in total. The minimum absolute atomic E-state index is 0.454. The van der Waals surface area contributed by atoms with E-state index in [1.807, 2.05) is 7.05 Å². The van der Waals surface area contributed by atoms with Gasteiger partial charge in [0.2, 0.25) is 0 Å². The SMILES string of the molecule is CNCCCC(C)N1CCSC(C)(C)C1. The predicted octanol–water partition coefficient (Wildman–Crippen LogP) is 2.20. The van der Waals surface area contributed by atoms with Gasteiger partial charge in [0.05, 0.1) is 0 Å². The highest BCUT2D eigenvalue weighted by Crippen LogP contribution is 2.30. The molecule has 0 aliphatic carbocycles. The average molecular weight is 230 g/mol. The van der Waals surface area contributed by atoms with Crippen molar-refractivity contribution in [1.29, 1.82) is 0 Å². The number of thioether (sulfide) groups is 1. The molecule has 0 saturated carbocycles. The fourth-order valence-electron chi connectivity index (χ4n) is 2.19. The molecule has 1 saturated heterocycles. The van der Waals surface area contributed by atoms with E-state index in [1.54, 1.807) is 0 Å². The van der Waals surface area contributed by atoms with Crippen molar-refractivity contribution in [2.24, 2.45) is 0 Å². The molecule has 0 aromatic carbocycles. The van der Waals surface area contributed by atoms with Gasteiger partial charge in [-0.25, -0.2) is 0 Å². The molecule has 90 valence electrons. The lowest BCUT2D eigenvalue weighted by Gasteiger charge is -2.40. The standard InChI is InChI=1S/C12H26N2S/c1-11(6-5-7-13-4)14-8-9-15-12(2,3)10-14/h11,13H,5-10H2,1-4H3. The van der Waals surface area contributed by atoms with Crippen molar-refractivity contribution in [3.63, 3.8) is 0 Å². The Morgan fingerprint density at radius 1 is 1.47 bits per heavy atom. The molecule has 0 spiro atoms. The van der Waals surface area contributed by atoms with Crippen molar-refractivity contribution in [2.75, 3.05) is 32.4 Å². The van der Waals surface area contributed by atoms with Gasteiger partial charge in [-0.15, -0.1) is 0 Å². The molecule has 0 aromatic heterocycles. The van der Waals surface area contributed by atoms with E-state index >= 15 is 0 Å². The number of nitrogens with zero attached hydrogens (tertiary/aromatic N) is 1. The van der Waals surface area contributed by atoms with Crippen LogP contribution in [0.5, 0.6) is 0 Å². The molecule has 1 N–H and O–H groups in total. The molecular formula is C12H26N2S. The molecule has 1 unspecified atom stereocenters. The molecular weight excluding hydrogens is 204 g/mol. The van der Waals surface area contributed by atoms with Gasteiger partial charge >= 0.3 is 0 Å². The fourth-order valence-corrected chi connectivity index (χ4v) is 3.32. The third-order valence-corrected chi connectivity index (χ3v) is 4.42. The molecule has 1 aliphatic rings. The highest BCUT2D eigenvalue weighted by atomic mass is 32.2. The van der Waals surface area contributed by atoms with Gasteiger partial charge in [-0.05, 0) is 47.2 Å². The summed E-state index contributed by atoms with van der Waals surface area (Å²) in [5.41, 5.74) is 0. The van der Waals surface area contributed by atoms with Gasteiger partial charge in [-0.1, -0.05) is 0 Å². The molecule has 0 bridgehead atoms. The zero-order valence-corrected chi connectivity index (χ0v) is 11.5. The Morgan fingerprint density at radius 2 is 2.20 bits per heavy atom. The Bertz CT molecular complexity index is 182. The summed E-state index contributed by atoms with van der Waals surface area (Å²) >= 11 is 2.12. The van der Waals surface area contributed by atoms with Crippen molar-refractivity contribution in [2.45, 2.75) is 44.4 Å². The lowest BCUT2D eigenvalue weighted by atomic mass is 10.1. The van der Waals surface area contributed by atoms with Gasteiger partial charge < -0.3 is 5.32 Å². The molecule has 0 radical (unpaired) electrons. The van der Waals surface area contributed by atoms with Gasteiger partial charge in [-0.2, -0.15) is 11.8 Å². The first-order chi connectivity index (χ1) is 7.05. The average Bonchev–Trinajstić information content (AvgIpc) is 2.16. The zero-order chi connectivity index (χ0) is 11.3. The minimum atomic E-state index is 0.454. The molecule has 1 heterocycles. The van der Waals surface area contributed by atoms with Crippen LogP contribution in [-0.2, 0) is 0 Å². The molecule has 1 fully saturated rings. The Hall–Kier alpha value is 0.270. The number of hydrogen-bond donors (Lipinski definition) is 1. The number of hydrogen-bond acceptors (Lipinski definition) is 3. The van der Waals surface area contributed by atoms with E-state index in [2.05, 4.69) is 42.7 Å². The van der Waals surface area contributed by atoms with Crippen LogP contribution in [0.4, 0.5) is 0 Å². The van der Waals surface area contributed by atoms with Gasteiger partial charge in [-0.3, -0.25) is 4.90 Å². The maximum absolute atomic E-state index is 3.22. The molecule has 3 heteroatoms. The fraction of sp³-hybridized carbons (Fsp3) is 1.00. The predicted molar refractivity (Wildman–Crippen MR) is 70.7 cm³/mol. The maximum atomic E-state index is 3.22. The van der Waals surface area contributed by atoms with E-state index in [-0.39, 0.29) is 0 Å². The third-order valence-electron chi connectivity index (χ3n) is 3.13. The largest absolute Gasteiger partial charge is 0.320 e. The van der Waals surface area contributed by atoms with Crippen molar-refractivity contribution >= 4 is 11.8 Å². The maximum Gasteiger partial charge on any atom is 0.0231 e. The van der Waals surface area contributed by atoms with E-state index in [1.165, 1.54) is 31.7 Å². The van der Waals surface area contributed by atoms with Crippen molar-refractivity contribution < 1.29 is 0 Å². The molecule has 0 amide bonds. The summed E-state index contributed by atoms with van der Waals surface area (Å²) in [4.78, 5) is 2.66. The number of nitrogens with one attached hydrogen (secondary N) is 1. The van der Waals surface area contributed by atoms with Crippen LogP contribution in [0.3, 0.4) is 0 Å². The summed E-state index contributed by atoms with van der Waals surface area (Å²) in [5, 5.41) is 3.22. The molecule has 15 heavy (non-hydrogen) atoms. The molecule has 1 rings (SSSR count). The van der Waals surface area contributed by atoms with Crippen LogP contribution in [0.25, 0.3) is 0 Å². The van der Waals surface area contributed by atoms with E-state index < -0.39 is 0 Å². The summed E-state index contributed by atoms with van der Waals surface area (Å²) in [7, 11) is 2.03. The summed E-state index contributed by atoms with van der Waals surface area (Å²) in [6, 6.07) is 0.749. The highest BCUT2D eigenvalue weighted by Gasteiger charge is 2.28. The van der Waals surface area contributed by atoms with Crippen molar-refractivity contribution in [1.82, 2.24) is 10.2 Å². The van der Waals surface area contributed by atoms with Gasteiger partial charge in [0, 0.05) is 29.6 Å². The smallest absolute Gasteiger partial charge is 0.0231 e. The van der Waals surface area contributed by atoms with E-state index in [9.17, 15) is 0 Å². The van der Waals surface area contributed by atoms with Crippen molar-refractivity contribution in [3.05, 3.63) is 0 Å². The van der Waals surface area contributed by atoms with Gasteiger partial charge in [0.25, 0.3) is 0 Å². The van der Waals surface area contributed by atoms with Crippen molar-refractivity contribution in [3.8, 4) is 0 Å². The normalized spacial score (nSPS) is 24.0. The zero-order valence-electron chi connectivity index (χ0n) is 10.7. The van der Waals surface area contributed by atoms with Crippen LogP contribution in [0, 0.1) is 0 Å². The monoisotopic (exact) mass is 230 g/mol.